The number of hydrogen-bond donors (Lipinski definition) is 2. The van der Waals surface area contributed by atoms with Crippen molar-refractivity contribution in [3.8, 4) is 17.2 Å². The molecule has 0 saturated heterocycles. The summed E-state index contributed by atoms with van der Waals surface area (Å²) in [6.07, 6.45) is 0. The van der Waals surface area contributed by atoms with Crippen molar-refractivity contribution in [2.45, 2.75) is 0 Å². The second-order valence-corrected chi connectivity index (χ2v) is 7.97. The minimum absolute atomic E-state index is 0.122. The lowest BCUT2D eigenvalue weighted by Crippen LogP contribution is -2.43. The maximum Gasteiger partial charge on any atom is 0.265 e. The number of benzene rings is 3. The van der Waals surface area contributed by atoms with E-state index in [2.05, 4.69) is 10.6 Å². The molecule has 2 aliphatic rings. The molecule has 0 unspecified atom stereocenters. The Morgan fingerprint density at radius 2 is 1.65 bits per heavy atom. The molecule has 0 fully saturated rings. The van der Waals surface area contributed by atoms with Gasteiger partial charge in [0, 0.05) is 22.0 Å². The lowest BCUT2D eigenvalue weighted by Gasteiger charge is -2.29. The Bertz CT molecular complexity index is 1310. The number of hydrogen-bond acceptors (Lipinski definition) is 6. The van der Waals surface area contributed by atoms with Gasteiger partial charge in [0.15, 0.2) is 18.1 Å². The van der Waals surface area contributed by atoms with Gasteiger partial charge in [-0.1, -0.05) is 17.7 Å². The molecule has 0 aliphatic carbocycles. The van der Waals surface area contributed by atoms with E-state index in [1.54, 1.807) is 60.7 Å². The third kappa shape index (κ3) is 4.46. The van der Waals surface area contributed by atoms with Crippen molar-refractivity contribution in [3.05, 3.63) is 71.2 Å². The molecule has 0 aromatic heterocycles. The van der Waals surface area contributed by atoms with Gasteiger partial charge < -0.3 is 24.8 Å². The minimum Gasteiger partial charge on any atom is -0.482 e. The summed E-state index contributed by atoms with van der Waals surface area (Å²) in [5.41, 5.74) is 1.78. The van der Waals surface area contributed by atoms with E-state index in [1.165, 1.54) is 4.90 Å². The molecule has 0 bridgehead atoms. The number of halogens is 1. The summed E-state index contributed by atoms with van der Waals surface area (Å²) in [5.74, 6) is 0.466. The van der Waals surface area contributed by atoms with Gasteiger partial charge in [-0.3, -0.25) is 19.3 Å². The van der Waals surface area contributed by atoms with Crippen molar-refractivity contribution >= 4 is 46.4 Å². The summed E-state index contributed by atoms with van der Waals surface area (Å²) >= 11 is 6.05. The van der Waals surface area contributed by atoms with Crippen molar-refractivity contribution < 1.29 is 28.6 Å². The van der Waals surface area contributed by atoms with E-state index >= 15 is 0 Å². The Hall–Kier alpha value is -4.24. The first-order valence-corrected chi connectivity index (χ1v) is 10.7. The molecule has 172 valence electrons. The normalized spacial score (nSPS) is 13.7. The summed E-state index contributed by atoms with van der Waals surface area (Å²) in [4.78, 5) is 39.0. The van der Waals surface area contributed by atoms with E-state index in [9.17, 15) is 14.4 Å². The molecule has 0 radical (unpaired) electrons. The second kappa shape index (κ2) is 8.95. The fraction of sp³-hybridized carbons (Fsp3) is 0.125. The molecule has 3 aromatic carbocycles. The summed E-state index contributed by atoms with van der Waals surface area (Å²) < 4.78 is 16.0. The van der Waals surface area contributed by atoms with Gasteiger partial charge in [0.2, 0.25) is 12.7 Å². The number of amides is 3. The van der Waals surface area contributed by atoms with E-state index in [4.69, 9.17) is 25.8 Å². The number of anilines is 3. The van der Waals surface area contributed by atoms with Gasteiger partial charge in [-0.25, -0.2) is 0 Å². The average Bonchev–Trinajstić information content (AvgIpc) is 3.29. The van der Waals surface area contributed by atoms with Gasteiger partial charge in [0.25, 0.3) is 11.8 Å². The topological polar surface area (TPSA) is 106 Å². The standard InChI is InChI=1S/C24H18ClN3O6/c25-15-5-7-19-18(9-15)28(23(30)12-32-19)11-22(29)26-16-2-1-3-17(10-16)27-24(31)14-4-6-20-21(8-14)34-13-33-20/h1-10H,11-13H2,(H,26,29)(H,27,31). The zero-order valence-corrected chi connectivity index (χ0v) is 18.4. The molecular weight excluding hydrogens is 462 g/mol. The van der Waals surface area contributed by atoms with Crippen LogP contribution in [0.25, 0.3) is 0 Å². The maximum absolute atomic E-state index is 12.7. The lowest BCUT2D eigenvalue weighted by molar-refractivity contribution is -0.123. The third-order valence-electron chi connectivity index (χ3n) is 5.20. The van der Waals surface area contributed by atoms with Gasteiger partial charge in [0.05, 0.1) is 5.69 Å². The molecule has 0 atom stereocenters. The van der Waals surface area contributed by atoms with Gasteiger partial charge in [-0.2, -0.15) is 0 Å². The van der Waals surface area contributed by atoms with E-state index in [1.807, 2.05) is 0 Å². The first kappa shape index (κ1) is 21.6. The largest absolute Gasteiger partial charge is 0.482 e. The Labute approximate surface area is 199 Å². The van der Waals surface area contributed by atoms with Gasteiger partial charge in [-0.05, 0) is 54.6 Å². The molecule has 0 spiro atoms. The third-order valence-corrected chi connectivity index (χ3v) is 5.44. The van der Waals surface area contributed by atoms with Gasteiger partial charge in [-0.15, -0.1) is 0 Å². The highest BCUT2D eigenvalue weighted by molar-refractivity contribution is 6.31. The van der Waals surface area contributed by atoms with E-state index < -0.39 is 5.91 Å². The Morgan fingerprint density at radius 1 is 0.882 bits per heavy atom. The molecule has 34 heavy (non-hydrogen) atoms. The van der Waals surface area contributed by atoms with Crippen LogP contribution in [-0.4, -0.2) is 37.7 Å². The molecule has 3 amide bonds. The monoisotopic (exact) mass is 479 g/mol. The summed E-state index contributed by atoms with van der Waals surface area (Å²) in [7, 11) is 0. The molecule has 3 aromatic rings. The number of carbonyl (C=O) groups is 3. The van der Waals surface area contributed by atoms with Crippen molar-refractivity contribution in [1.29, 1.82) is 0 Å². The average molecular weight is 480 g/mol. The zero-order valence-electron chi connectivity index (χ0n) is 17.7. The van der Waals surface area contributed by atoms with E-state index in [0.717, 1.165) is 0 Å². The summed E-state index contributed by atoms with van der Waals surface area (Å²) in [6.45, 7) is -0.260. The second-order valence-electron chi connectivity index (χ2n) is 7.53. The predicted octanol–water partition coefficient (Wildman–Crippen LogP) is 3.69. The van der Waals surface area contributed by atoms with Crippen molar-refractivity contribution in [1.82, 2.24) is 0 Å². The van der Waals surface area contributed by atoms with Crippen LogP contribution in [0, 0.1) is 0 Å². The number of rotatable bonds is 5. The lowest BCUT2D eigenvalue weighted by atomic mass is 10.2. The van der Waals surface area contributed by atoms with Crippen LogP contribution in [0.2, 0.25) is 5.02 Å². The molecule has 0 saturated carbocycles. The number of carbonyl (C=O) groups excluding carboxylic acids is 3. The number of fused-ring (bicyclic) bond motifs is 2. The highest BCUT2D eigenvalue weighted by Gasteiger charge is 2.27. The van der Waals surface area contributed by atoms with Crippen LogP contribution >= 0.6 is 11.6 Å². The zero-order chi connectivity index (χ0) is 23.7. The first-order valence-electron chi connectivity index (χ1n) is 10.3. The molecule has 5 rings (SSSR count). The van der Waals surface area contributed by atoms with Crippen LogP contribution in [0.4, 0.5) is 17.1 Å². The van der Waals surface area contributed by atoms with E-state index in [0.29, 0.717) is 44.9 Å². The molecule has 2 heterocycles. The Kier molecular flexibility index (Phi) is 5.69. The molecular formula is C24H18ClN3O6. The SMILES string of the molecule is O=C(CN1C(=O)COc2ccc(Cl)cc21)Nc1cccc(NC(=O)c2ccc3c(c2)OCO3)c1. The molecule has 9 nitrogen and oxygen atoms in total. The predicted molar refractivity (Wildman–Crippen MR) is 125 cm³/mol. The van der Waals surface area contributed by atoms with Crippen molar-refractivity contribution in [2.75, 3.05) is 35.5 Å². The van der Waals surface area contributed by atoms with Crippen LogP contribution < -0.4 is 29.7 Å². The molecule has 2 aliphatic heterocycles. The van der Waals surface area contributed by atoms with Crippen molar-refractivity contribution in [2.24, 2.45) is 0 Å². The Balaban J connectivity index is 1.25. The number of nitrogens with zero attached hydrogens (tertiary/aromatic N) is 1. The fourth-order valence-electron chi connectivity index (χ4n) is 3.61. The van der Waals surface area contributed by atoms with Crippen LogP contribution in [0.15, 0.2) is 60.7 Å². The van der Waals surface area contributed by atoms with E-state index in [-0.39, 0.29) is 31.8 Å². The minimum atomic E-state index is -0.416. The summed E-state index contributed by atoms with van der Waals surface area (Å²) in [5, 5.41) is 5.96. The molecule has 2 N–H and O–H groups in total. The highest BCUT2D eigenvalue weighted by atomic mass is 35.5. The highest BCUT2D eigenvalue weighted by Crippen LogP contribution is 2.35. The van der Waals surface area contributed by atoms with Gasteiger partial charge >= 0.3 is 0 Å². The number of ether oxygens (including phenoxy) is 3. The first-order chi connectivity index (χ1) is 16.5. The number of nitrogens with one attached hydrogen (secondary N) is 2. The van der Waals surface area contributed by atoms with Crippen molar-refractivity contribution in [3.63, 3.8) is 0 Å². The van der Waals surface area contributed by atoms with Crippen LogP contribution in [0.5, 0.6) is 17.2 Å². The van der Waals surface area contributed by atoms with Crippen LogP contribution in [0.1, 0.15) is 10.4 Å². The fourth-order valence-corrected chi connectivity index (χ4v) is 3.77. The van der Waals surface area contributed by atoms with Gasteiger partial charge in [0.1, 0.15) is 12.3 Å². The quantitative estimate of drug-likeness (QED) is 0.578. The summed E-state index contributed by atoms with van der Waals surface area (Å²) in [6, 6.07) is 16.5. The Morgan fingerprint density at radius 3 is 2.50 bits per heavy atom. The van der Waals surface area contributed by atoms with Crippen LogP contribution in [0.3, 0.4) is 0 Å². The smallest absolute Gasteiger partial charge is 0.265 e. The molecule has 10 heteroatoms. The maximum atomic E-state index is 12.7. The van der Waals surface area contributed by atoms with Crippen LogP contribution in [-0.2, 0) is 9.59 Å².